The molecule has 1 nitrogen and oxygen atoms in total. The van der Waals surface area contributed by atoms with E-state index in [4.69, 9.17) is 0 Å². The minimum atomic E-state index is -0.372. The first kappa shape index (κ1) is 12.0. The van der Waals surface area contributed by atoms with Gasteiger partial charge in [-0.3, -0.25) is 0 Å². The molecule has 98 valence electrons. The molecule has 4 saturated carbocycles. The lowest BCUT2D eigenvalue weighted by Gasteiger charge is -2.69. The summed E-state index contributed by atoms with van der Waals surface area (Å²) >= 11 is 0. The summed E-state index contributed by atoms with van der Waals surface area (Å²) in [4.78, 5) is 0. The van der Waals surface area contributed by atoms with Crippen molar-refractivity contribution < 1.29 is 5.11 Å². The third-order valence-electron chi connectivity index (χ3n) is 6.51. The van der Waals surface area contributed by atoms with Crippen molar-refractivity contribution in [2.75, 3.05) is 0 Å². The van der Waals surface area contributed by atoms with Crippen molar-refractivity contribution in [2.45, 2.75) is 77.7 Å². The zero-order chi connectivity index (χ0) is 12.3. The highest BCUT2D eigenvalue weighted by Gasteiger charge is 2.67. The van der Waals surface area contributed by atoms with Crippen LogP contribution in [0.1, 0.15) is 72.1 Å². The Morgan fingerprint density at radius 2 is 1.47 bits per heavy atom. The smallest absolute Gasteiger partial charge is 0.0754 e. The second-order valence-corrected chi connectivity index (χ2v) is 7.87. The van der Waals surface area contributed by atoms with Gasteiger partial charge in [0.15, 0.2) is 0 Å². The SMILES string of the molecule is CCCCC1(O)C2(C)CC3CC(C2)CC1(C)C3. The third-order valence-corrected chi connectivity index (χ3v) is 6.51. The van der Waals surface area contributed by atoms with Crippen molar-refractivity contribution in [1.82, 2.24) is 0 Å². The van der Waals surface area contributed by atoms with Crippen LogP contribution < -0.4 is 0 Å². The van der Waals surface area contributed by atoms with Crippen LogP contribution in [-0.2, 0) is 0 Å². The van der Waals surface area contributed by atoms with Crippen LogP contribution in [0.2, 0.25) is 0 Å². The van der Waals surface area contributed by atoms with Crippen molar-refractivity contribution in [3.8, 4) is 0 Å². The van der Waals surface area contributed by atoms with E-state index in [0.29, 0.717) is 0 Å². The van der Waals surface area contributed by atoms with Crippen LogP contribution in [0.25, 0.3) is 0 Å². The normalized spacial score (nSPS) is 56.5. The summed E-state index contributed by atoms with van der Waals surface area (Å²) in [6, 6.07) is 0. The highest BCUT2D eigenvalue weighted by molar-refractivity contribution is 5.17. The van der Waals surface area contributed by atoms with E-state index in [1.54, 1.807) is 0 Å². The quantitative estimate of drug-likeness (QED) is 0.780. The predicted molar refractivity (Wildman–Crippen MR) is 70.8 cm³/mol. The van der Waals surface area contributed by atoms with E-state index >= 15 is 0 Å². The fourth-order valence-corrected chi connectivity index (χ4v) is 6.10. The molecule has 4 aliphatic rings. The van der Waals surface area contributed by atoms with E-state index in [2.05, 4.69) is 20.8 Å². The van der Waals surface area contributed by atoms with E-state index in [0.717, 1.165) is 18.3 Å². The van der Waals surface area contributed by atoms with Gasteiger partial charge in [-0.1, -0.05) is 33.6 Å². The molecule has 0 saturated heterocycles. The van der Waals surface area contributed by atoms with Crippen LogP contribution in [0.5, 0.6) is 0 Å². The lowest BCUT2D eigenvalue weighted by Crippen LogP contribution is -2.68. The molecule has 0 amide bonds. The van der Waals surface area contributed by atoms with Crippen molar-refractivity contribution in [3.05, 3.63) is 0 Å². The van der Waals surface area contributed by atoms with Gasteiger partial charge in [0.2, 0.25) is 0 Å². The summed E-state index contributed by atoms with van der Waals surface area (Å²) < 4.78 is 0. The van der Waals surface area contributed by atoms with Gasteiger partial charge in [0.05, 0.1) is 5.60 Å². The predicted octanol–water partition coefficient (Wildman–Crippen LogP) is 4.14. The van der Waals surface area contributed by atoms with Gasteiger partial charge in [-0.05, 0) is 61.2 Å². The van der Waals surface area contributed by atoms with Crippen molar-refractivity contribution >= 4 is 0 Å². The van der Waals surface area contributed by atoms with Gasteiger partial charge in [0, 0.05) is 0 Å². The molecule has 0 aromatic rings. The molecule has 17 heavy (non-hydrogen) atoms. The van der Waals surface area contributed by atoms with Gasteiger partial charge in [-0.25, -0.2) is 0 Å². The second kappa shape index (κ2) is 3.50. The summed E-state index contributed by atoms with van der Waals surface area (Å²) in [5.74, 6) is 1.83. The van der Waals surface area contributed by atoms with Crippen LogP contribution in [-0.4, -0.2) is 10.7 Å². The first-order valence-corrected chi connectivity index (χ1v) is 7.65. The molecule has 0 aromatic carbocycles. The van der Waals surface area contributed by atoms with Gasteiger partial charge in [0.1, 0.15) is 0 Å². The van der Waals surface area contributed by atoms with E-state index in [9.17, 15) is 5.11 Å². The highest BCUT2D eigenvalue weighted by Crippen LogP contribution is 2.70. The van der Waals surface area contributed by atoms with Crippen LogP contribution in [0.3, 0.4) is 0 Å². The Balaban J connectivity index is 1.96. The van der Waals surface area contributed by atoms with Crippen LogP contribution >= 0.6 is 0 Å². The monoisotopic (exact) mass is 236 g/mol. The van der Waals surface area contributed by atoms with Crippen LogP contribution in [0.15, 0.2) is 0 Å². The highest BCUT2D eigenvalue weighted by atomic mass is 16.3. The van der Waals surface area contributed by atoms with Crippen LogP contribution in [0.4, 0.5) is 0 Å². The molecule has 0 heterocycles. The van der Waals surface area contributed by atoms with E-state index in [-0.39, 0.29) is 16.4 Å². The molecule has 0 atom stereocenters. The summed E-state index contributed by atoms with van der Waals surface area (Å²) in [5, 5.41) is 11.4. The van der Waals surface area contributed by atoms with Gasteiger partial charge in [-0.15, -0.1) is 0 Å². The third kappa shape index (κ3) is 1.41. The lowest BCUT2D eigenvalue weighted by atomic mass is 9.38. The number of hydrogen-bond acceptors (Lipinski definition) is 1. The first-order chi connectivity index (χ1) is 7.92. The molecule has 4 bridgehead atoms. The first-order valence-electron chi connectivity index (χ1n) is 7.65. The van der Waals surface area contributed by atoms with E-state index in [1.807, 2.05) is 0 Å². The molecule has 4 fully saturated rings. The number of hydrogen-bond donors (Lipinski definition) is 1. The summed E-state index contributed by atoms with van der Waals surface area (Å²) in [7, 11) is 0. The minimum absolute atomic E-state index is 0.223. The lowest BCUT2D eigenvalue weighted by molar-refractivity contribution is -0.267. The van der Waals surface area contributed by atoms with Crippen molar-refractivity contribution in [2.24, 2.45) is 22.7 Å². The Bertz CT molecular complexity index is 283. The van der Waals surface area contributed by atoms with Crippen molar-refractivity contribution in [3.63, 3.8) is 0 Å². The fraction of sp³-hybridized carbons (Fsp3) is 1.00. The number of rotatable bonds is 3. The van der Waals surface area contributed by atoms with E-state index in [1.165, 1.54) is 44.9 Å². The maximum atomic E-state index is 11.4. The molecule has 0 aliphatic heterocycles. The van der Waals surface area contributed by atoms with E-state index < -0.39 is 0 Å². The van der Waals surface area contributed by atoms with Gasteiger partial charge < -0.3 is 5.11 Å². The zero-order valence-electron chi connectivity index (χ0n) is 11.8. The number of unbranched alkanes of at least 4 members (excludes halogenated alkanes) is 1. The number of aliphatic hydroxyl groups is 1. The molecular formula is C16H28O. The molecular weight excluding hydrogens is 208 g/mol. The summed E-state index contributed by atoms with van der Waals surface area (Å²) in [5.41, 5.74) is 0.0748. The molecule has 0 aromatic heterocycles. The Hall–Kier alpha value is -0.0400. The molecule has 4 rings (SSSR count). The molecule has 0 spiro atoms. The molecule has 4 aliphatic carbocycles. The average molecular weight is 236 g/mol. The Labute approximate surface area is 106 Å². The Morgan fingerprint density at radius 3 is 1.88 bits per heavy atom. The summed E-state index contributed by atoms with van der Waals surface area (Å²) in [6.45, 7) is 7.01. The summed E-state index contributed by atoms with van der Waals surface area (Å²) in [6.07, 6.45) is 10.1. The second-order valence-electron chi connectivity index (χ2n) is 7.87. The Morgan fingerprint density at radius 1 is 1.00 bits per heavy atom. The minimum Gasteiger partial charge on any atom is -0.389 e. The Kier molecular flexibility index (Phi) is 2.47. The molecule has 0 unspecified atom stereocenters. The maximum Gasteiger partial charge on any atom is 0.0754 e. The van der Waals surface area contributed by atoms with Crippen LogP contribution in [0, 0.1) is 22.7 Å². The average Bonchev–Trinajstić information content (AvgIpc) is 2.21. The topological polar surface area (TPSA) is 20.2 Å². The van der Waals surface area contributed by atoms with Gasteiger partial charge in [0.25, 0.3) is 0 Å². The molecule has 0 radical (unpaired) electrons. The van der Waals surface area contributed by atoms with Gasteiger partial charge >= 0.3 is 0 Å². The zero-order valence-corrected chi connectivity index (χ0v) is 11.8. The van der Waals surface area contributed by atoms with Gasteiger partial charge in [-0.2, -0.15) is 0 Å². The standard InChI is InChI=1S/C16H28O/c1-4-5-6-16(17)14(2)8-12-7-13(9-14)11-15(16,3)10-12/h12-13,17H,4-11H2,1-3H3. The van der Waals surface area contributed by atoms with Crippen molar-refractivity contribution in [1.29, 1.82) is 0 Å². The fourth-order valence-electron chi connectivity index (χ4n) is 6.10. The largest absolute Gasteiger partial charge is 0.389 e. The maximum absolute atomic E-state index is 11.4. The molecule has 1 heteroatoms. The molecule has 1 N–H and O–H groups in total.